The van der Waals surface area contributed by atoms with Crippen molar-refractivity contribution >= 4 is 39.7 Å². The number of aromatic amines is 1. The molecule has 118 valence electrons. The Hall–Kier alpha value is -2.18. The fraction of sp³-hybridized carbons (Fsp3) is 0.188. The van der Waals surface area contributed by atoms with Crippen LogP contribution in [0.5, 0.6) is 0 Å². The highest BCUT2D eigenvalue weighted by Gasteiger charge is 2.17. The van der Waals surface area contributed by atoms with Gasteiger partial charge in [-0.15, -0.1) is 11.3 Å². The Morgan fingerprint density at radius 2 is 2.09 bits per heavy atom. The molecule has 0 saturated carbocycles. The third kappa shape index (κ3) is 3.28. The number of nitrogens with zero attached hydrogens (tertiary/aromatic N) is 2. The quantitative estimate of drug-likeness (QED) is 0.787. The van der Waals surface area contributed by atoms with E-state index in [1.807, 2.05) is 13.0 Å². The van der Waals surface area contributed by atoms with E-state index in [-0.39, 0.29) is 18.0 Å². The molecular weight excluding hydrogens is 334 g/mol. The summed E-state index contributed by atoms with van der Waals surface area (Å²) < 4.78 is 0.571. The molecule has 2 aromatic heterocycles. The number of aromatic nitrogens is 2. The zero-order chi connectivity index (χ0) is 16.4. The molecule has 0 fully saturated rings. The van der Waals surface area contributed by atoms with Gasteiger partial charge in [0.05, 0.1) is 26.7 Å². The van der Waals surface area contributed by atoms with Crippen LogP contribution in [0.2, 0.25) is 4.34 Å². The van der Waals surface area contributed by atoms with E-state index in [4.69, 9.17) is 11.6 Å². The van der Waals surface area contributed by atoms with Crippen LogP contribution in [0.3, 0.4) is 0 Å². The van der Waals surface area contributed by atoms with Crippen LogP contribution >= 0.6 is 22.9 Å². The van der Waals surface area contributed by atoms with Gasteiger partial charge in [-0.1, -0.05) is 23.7 Å². The smallest absolute Gasteiger partial charge is 0.264 e. The molecule has 1 amide bonds. The van der Waals surface area contributed by atoms with E-state index in [1.54, 1.807) is 35.2 Å². The van der Waals surface area contributed by atoms with Crippen molar-refractivity contribution in [3.8, 4) is 0 Å². The third-order valence-electron chi connectivity index (χ3n) is 3.46. The first kappa shape index (κ1) is 15.7. The highest BCUT2D eigenvalue weighted by atomic mass is 35.5. The van der Waals surface area contributed by atoms with E-state index in [0.717, 1.165) is 0 Å². The number of fused-ring (bicyclic) bond motifs is 1. The van der Waals surface area contributed by atoms with Gasteiger partial charge in [0.25, 0.3) is 11.5 Å². The van der Waals surface area contributed by atoms with Gasteiger partial charge in [-0.3, -0.25) is 9.59 Å². The van der Waals surface area contributed by atoms with Crippen LogP contribution in [0.25, 0.3) is 10.9 Å². The van der Waals surface area contributed by atoms with E-state index < -0.39 is 0 Å². The van der Waals surface area contributed by atoms with Crippen molar-refractivity contribution in [2.24, 2.45) is 0 Å². The molecule has 0 unspecified atom stereocenters. The fourth-order valence-electron chi connectivity index (χ4n) is 2.30. The molecule has 3 rings (SSSR count). The second-order valence-corrected chi connectivity index (χ2v) is 6.67. The summed E-state index contributed by atoms with van der Waals surface area (Å²) in [4.78, 5) is 34.0. The number of carbonyl (C=O) groups is 1. The Morgan fingerprint density at radius 1 is 1.30 bits per heavy atom. The predicted molar refractivity (Wildman–Crippen MR) is 92.1 cm³/mol. The maximum atomic E-state index is 12.5. The topological polar surface area (TPSA) is 66.1 Å². The van der Waals surface area contributed by atoms with E-state index in [2.05, 4.69) is 9.97 Å². The van der Waals surface area contributed by atoms with E-state index >= 15 is 0 Å². The van der Waals surface area contributed by atoms with Gasteiger partial charge in [0.15, 0.2) is 0 Å². The SMILES string of the molecule is CCN(Cc1nc2ccccc2c(=O)[nH]1)C(=O)c1ccc(Cl)s1. The number of hydrogen-bond donors (Lipinski definition) is 1. The Balaban J connectivity index is 1.90. The number of H-pyrrole nitrogens is 1. The molecular formula is C16H14ClN3O2S. The predicted octanol–water partition coefficient (Wildman–Crippen LogP) is 3.30. The molecule has 0 spiro atoms. The van der Waals surface area contributed by atoms with Gasteiger partial charge in [0, 0.05) is 6.54 Å². The summed E-state index contributed by atoms with van der Waals surface area (Å²) in [5.74, 6) is 0.340. The lowest BCUT2D eigenvalue weighted by molar-refractivity contribution is 0.0753. The van der Waals surface area contributed by atoms with Crippen molar-refractivity contribution in [3.63, 3.8) is 0 Å². The first-order chi connectivity index (χ1) is 11.1. The number of nitrogens with one attached hydrogen (secondary N) is 1. The Bertz CT molecular complexity index is 919. The number of carbonyl (C=O) groups excluding carboxylic acids is 1. The van der Waals surface area contributed by atoms with Crippen LogP contribution in [0.1, 0.15) is 22.4 Å². The van der Waals surface area contributed by atoms with Crippen molar-refractivity contribution in [1.29, 1.82) is 0 Å². The number of thiophene rings is 1. The lowest BCUT2D eigenvalue weighted by Crippen LogP contribution is -2.31. The van der Waals surface area contributed by atoms with E-state index in [9.17, 15) is 9.59 Å². The lowest BCUT2D eigenvalue weighted by atomic mass is 10.2. The average Bonchev–Trinajstić information content (AvgIpc) is 2.98. The molecule has 3 aromatic rings. The van der Waals surface area contributed by atoms with Crippen molar-refractivity contribution < 1.29 is 4.79 Å². The Labute approximate surface area is 141 Å². The highest BCUT2D eigenvalue weighted by molar-refractivity contribution is 7.17. The van der Waals surface area contributed by atoms with Crippen LogP contribution in [0.4, 0.5) is 0 Å². The molecule has 1 N–H and O–H groups in total. The molecule has 23 heavy (non-hydrogen) atoms. The maximum absolute atomic E-state index is 12.5. The molecule has 0 aliphatic carbocycles. The summed E-state index contributed by atoms with van der Waals surface area (Å²) in [6.07, 6.45) is 0. The summed E-state index contributed by atoms with van der Waals surface area (Å²) in [5.41, 5.74) is 0.419. The van der Waals surface area contributed by atoms with Crippen molar-refractivity contribution in [3.05, 3.63) is 61.8 Å². The summed E-state index contributed by atoms with van der Waals surface area (Å²) in [6.45, 7) is 2.63. The van der Waals surface area contributed by atoms with Gasteiger partial charge >= 0.3 is 0 Å². The lowest BCUT2D eigenvalue weighted by Gasteiger charge is -2.19. The van der Waals surface area contributed by atoms with E-state index in [0.29, 0.717) is 32.5 Å². The molecule has 1 aromatic carbocycles. The minimum Gasteiger partial charge on any atom is -0.331 e. The van der Waals surface area contributed by atoms with Crippen LogP contribution in [0, 0.1) is 0 Å². The van der Waals surface area contributed by atoms with Crippen LogP contribution in [-0.4, -0.2) is 27.3 Å². The van der Waals surface area contributed by atoms with Gasteiger partial charge in [-0.2, -0.15) is 0 Å². The second kappa shape index (κ2) is 6.52. The first-order valence-corrected chi connectivity index (χ1v) is 8.30. The van der Waals surface area contributed by atoms with Crippen molar-refractivity contribution in [2.45, 2.75) is 13.5 Å². The number of rotatable bonds is 4. The minimum absolute atomic E-state index is 0.125. The largest absolute Gasteiger partial charge is 0.331 e. The third-order valence-corrected chi connectivity index (χ3v) is 4.67. The molecule has 5 nitrogen and oxygen atoms in total. The molecule has 0 saturated heterocycles. The summed E-state index contributed by atoms with van der Waals surface area (Å²) >= 11 is 7.12. The van der Waals surface area contributed by atoms with Gasteiger partial charge in [0.1, 0.15) is 5.82 Å². The number of benzene rings is 1. The zero-order valence-electron chi connectivity index (χ0n) is 12.4. The molecule has 0 aliphatic heterocycles. The standard InChI is InChI=1S/C16H14ClN3O2S/c1-2-20(16(22)12-7-8-13(17)23-12)9-14-18-11-6-4-3-5-10(11)15(21)19-14/h3-8H,2,9H2,1H3,(H,18,19,21). The molecule has 0 atom stereocenters. The highest BCUT2D eigenvalue weighted by Crippen LogP contribution is 2.23. The summed E-state index contributed by atoms with van der Waals surface area (Å²) in [7, 11) is 0. The number of para-hydroxylation sites is 1. The van der Waals surface area contributed by atoms with Crippen LogP contribution in [-0.2, 0) is 6.54 Å². The van der Waals surface area contributed by atoms with Crippen LogP contribution in [0.15, 0.2) is 41.2 Å². The van der Waals surface area contributed by atoms with Gasteiger partial charge < -0.3 is 9.88 Å². The summed E-state index contributed by atoms with van der Waals surface area (Å²) in [5, 5.41) is 0.538. The molecule has 7 heteroatoms. The summed E-state index contributed by atoms with van der Waals surface area (Å²) in [6, 6.07) is 10.5. The normalized spacial score (nSPS) is 10.9. The maximum Gasteiger partial charge on any atom is 0.264 e. The number of amides is 1. The Morgan fingerprint density at radius 3 is 2.78 bits per heavy atom. The minimum atomic E-state index is -0.201. The van der Waals surface area contributed by atoms with Gasteiger partial charge in [-0.05, 0) is 31.2 Å². The number of halogens is 1. The molecule has 0 radical (unpaired) electrons. The molecule has 0 aliphatic rings. The first-order valence-electron chi connectivity index (χ1n) is 7.11. The van der Waals surface area contributed by atoms with Gasteiger partial charge in [0.2, 0.25) is 0 Å². The van der Waals surface area contributed by atoms with E-state index in [1.165, 1.54) is 11.3 Å². The fourth-order valence-corrected chi connectivity index (χ4v) is 3.31. The second-order valence-electron chi connectivity index (χ2n) is 4.95. The van der Waals surface area contributed by atoms with Gasteiger partial charge in [-0.25, -0.2) is 4.98 Å². The van der Waals surface area contributed by atoms with Crippen molar-refractivity contribution in [2.75, 3.05) is 6.54 Å². The van der Waals surface area contributed by atoms with Crippen molar-refractivity contribution in [1.82, 2.24) is 14.9 Å². The molecule has 0 bridgehead atoms. The average molecular weight is 348 g/mol. The Kier molecular flexibility index (Phi) is 4.45. The monoisotopic (exact) mass is 347 g/mol. The van der Waals surface area contributed by atoms with Crippen LogP contribution < -0.4 is 5.56 Å². The molecule has 2 heterocycles. The number of hydrogen-bond acceptors (Lipinski definition) is 4. The zero-order valence-corrected chi connectivity index (χ0v) is 13.9.